The fourth-order valence-electron chi connectivity index (χ4n) is 5.69. The number of anilines is 1. The lowest BCUT2D eigenvalue weighted by Crippen LogP contribution is -2.41. The van der Waals surface area contributed by atoms with Crippen LogP contribution in [0.1, 0.15) is 73.5 Å². The zero-order chi connectivity index (χ0) is 22.8. The lowest BCUT2D eigenvalue weighted by Gasteiger charge is -2.34. The lowest BCUT2D eigenvalue weighted by molar-refractivity contribution is -0.136. The van der Waals surface area contributed by atoms with Gasteiger partial charge in [-0.1, -0.05) is 43.2 Å². The van der Waals surface area contributed by atoms with Crippen LogP contribution in [0.3, 0.4) is 0 Å². The number of piperidine rings is 1. The van der Waals surface area contributed by atoms with Gasteiger partial charge in [-0.15, -0.1) is 0 Å². The molecule has 33 heavy (non-hydrogen) atoms. The topological polar surface area (TPSA) is 66.4 Å². The molecule has 2 aliphatic heterocycles. The third-order valence-corrected chi connectivity index (χ3v) is 7.70. The molecular weight excluding hydrogens is 412 g/mol. The number of hydrogen-bond donors (Lipinski definition) is 0. The first-order valence-electron chi connectivity index (χ1n) is 12.6. The van der Waals surface area contributed by atoms with Crippen molar-refractivity contribution in [3.05, 3.63) is 53.0 Å². The van der Waals surface area contributed by atoms with Crippen LogP contribution in [0.5, 0.6) is 0 Å². The van der Waals surface area contributed by atoms with Crippen molar-refractivity contribution in [3.8, 4) is 0 Å². The van der Waals surface area contributed by atoms with Gasteiger partial charge in [0.1, 0.15) is 11.6 Å². The summed E-state index contributed by atoms with van der Waals surface area (Å²) >= 11 is 0. The van der Waals surface area contributed by atoms with Gasteiger partial charge in [-0.3, -0.25) is 14.5 Å². The van der Waals surface area contributed by atoms with Crippen LogP contribution < -0.4 is 4.90 Å². The van der Waals surface area contributed by atoms with Gasteiger partial charge < -0.3 is 4.90 Å². The summed E-state index contributed by atoms with van der Waals surface area (Å²) in [6, 6.07) is 10.3. The average molecular weight is 447 g/mol. The molecule has 174 valence electrons. The van der Waals surface area contributed by atoms with E-state index in [1.165, 1.54) is 18.4 Å². The van der Waals surface area contributed by atoms with E-state index in [-0.39, 0.29) is 17.7 Å². The number of nitrogens with zero attached hydrogens (tertiary/aromatic N) is 4. The Kier molecular flexibility index (Phi) is 6.43. The second kappa shape index (κ2) is 9.62. The summed E-state index contributed by atoms with van der Waals surface area (Å²) in [6.45, 7) is 4.26. The number of carbonyl (C=O) groups excluding carboxylic acids is 2. The van der Waals surface area contributed by atoms with Crippen LogP contribution >= 0.6 is 0 Å². The minimum absolute atomic E-state index is 0.152. The van der Waals surface area contributed by atoms with Gasteiger partial charge in [0, 0.05) is 49.1 Å². The van der Waals surface area contributed by atoms with Crippen molar-refractivity contribution in [1.29, 1.82) is 0 Å². The summed E-state index contributed by atoms with van der Waals surface area (Å²) in [5.74, 6) is 2.65. The zero-order valence-corrected chi connectivity index (χ0v) is 19.6. The predicted molar refractivity (Wildman–Crippen MR) is 128 cm³/mol. The maximum absolute atomic E-state index is 12.8. The van der Waals surface area contributed by atoms with Crippen molar-refractivity contribution in [1.82, 2.24) is 14.9 Å². The monoisotopic (exact) mass is 446 g/mol. The first kappa shape index (κ1) is 22.1. The van der Waals surface area contributed by atoms with Crippen molar-refractivity contribution in [2.24, 2.45) is 5.92 Å². The van der Waals surface area contributed by atoms with Gasteiger partial charge in [0.05, 0.1) is 0 Å². The molecule has 1 saturated carbocycles. The van der Waals surface area contributed by atoms with E-state index in [4.69, 9.17) is 9.97 Å². The van der Waals surface area contributed by atoms with E-state index in [0.29, 0.717) is 18.9 Å². The van der Waals surface area contributed by atoms with Crippen molar-refractivity contribution in [3.63, 3.8) is 0 Å². The molecule has 0 N–H and O–H groups in total. The average Bonchev–Trinajstić information content (AvgIpc) is 3.39. The fourth-order valence-corrected chi connectivity index (χ4v) is 5.69. The highest BCUT2D eigenvalue weighted by Gasteiger charge is 2.33. The molecule has 0 spiro atoms. The molecule has 3 heterocycles. The Morgan fingerprint density at radius 2 is 1.73 bits per heavy atom. The molecule has 0 bridgehead atoms. The van der Waals surface area contributed by atoms with E-state index in [0.717, 1.165) is 74.5 Å². The molecule has 1 aromatic carbocycles. The molecule has 0 radical (unpaired) electrons. The van der Waals surface area contributed by atoms with E-state index >= 15 is 0 Å². The second-order valence-electron chi connectivity index (χ2n) is 9.83. The first-order chi connectivity index (χ1) is 16.1. The summed E-state index contributed by atoms with van der Waals surface area (Å²) < 4.78 is 0. The molecule has 6 heteroatoms. The summed E-state index contributed by atoms with van der Waals surface area (Å²) in [4.78, 5) is 39.5. The molecule has 5 rings (SSSR count). The predicted octanol–water partition coefficient (Wildman–Crippen LogP) is 4.20. The van der Waals surface area contributed by atoms with Crippen LogP contribution in [0, 0.1) is 12.8 Å². The van der Waals surface area contributed by atoms with Crippen molar-refractivity contribution in [2.45, 2.75) is 70.6 Å². The molecule has 1 aromatic heterocycles. The first-order valence-corrected chi connectivity index (χ1v) is 12.6. The SMILES string of the molecule is Cc1nc(C2CCN(C(=O)C3CCCC3)CC2)nc2c1CCC(=O)N2CCc1ccccc1. The molecule has 2 aromatic rings. The number of hydrogen-bond acceptors (Lipinski definition) is 4. The van der Waals surface area contributed by atoms with E-state index < -0.39 is 0 Å². The van der Waals surface area contributed by atoms with Gasteiger partial charge >= 0.3 is 0 Å². The van der Waals surface area contributed by atoms with Gasteiger partial charge in [0.2, 0.25) is 11.8 Å². The number of likely N-dealkylation sites (tertiary alicyclic amines) is 1. The minimum atomic E-state index is 0.152. The third-order valence-electron chi connectivity index (χ3n) is 7.70. The normalized spacial score (nSPS) is 19.7. The summed E-state index contributed by atoms with van der Waals surface area (Å²) in [5.41, 5.74) is 3.33. The van der Waals surface area contributed by atoms with E-state index in [1.54, 1.807) is 0 Å². The molecule has 6 nitrogen and oxygen atoms in total. The number of rotatable bonds is 5. The Balaban J connectivity index is 1.31. The third kappa shape index (κ3) is 4.66. The Morgan fingerprint density at radius 3 is 2.45 bits per heavy atom. The fraction of sp³-hybridized carbons (Fsp3) is 0.556. The Labute approximate surface area is 196 Å². The van der Waals surface area contributed by atoms with Crippen molar-refractivity contribution < 1.29 is 9.59 Å². The summed E-state index contributed by atoms with van der Waals surface area (Å²) in [5, 5.41) is 0. The van der Waals surface area contributed by atoms with Crippen LogP contribution in [-0.4, -0.2) is 46.3 Å². The number of aromatic nitrogens is 2. The van der Waals surface area contributed by atoms with Gasteiger partial charge in [-0.25, -0.2) is 9.97 Å². The van der Waals surface area contributed by atoms with E-state index in [9.17, 15) is 9.59 Å². The van der Waals surface area contributed by atoms with Gasteiger partial charge in [0.15, 0.2) is 0 Å². The van der Waals surface area contributed by atoms with Gasteiger partial charge in [0.25, 0.3) is 0 Å². The second-order valence-corrected chi connectivity index (χ2v) is 9.83. The Morgan fingerprint density at radius 1 is 1.00 bits per heavy atom. The van der Waals surface area contributed by atoms with Crippen LogP contribution in [0.2, 0.25) is 0 Å². The molecular formula is C27H34N4O2. The van der Waals surface area contributed by atoms with Crippen LogP contribution in [0.15, 0.2) is 30.3 Å². The van der Waals surface area contributed by atoms with E-state index in [1.807, 2.05) is 30.0 Å². The molecule has 1 aliphatic carbocycles. The quantitative estimate of drug-likeness (QED) is 0.690. The molecule has 0 unspecified atom stereocenters. The highest BCUT2D eigenvalue weighted by atomic mass is 16.2. The molecule has 2 fully saturated rings. The number of fused-ring (bicyclic) bond motifs is 1. The van der Waals surface area contributed by atoms with Crippen LogP contribution in [0.25, 0.3) is 0 Å². The zero-order valence-electron chi connectivity index (χ0n) is 19.6. The van der Waals surface area contributed by atoms with Gasteiger partial charge in [-0.05, 0) is 51.0 Å². The van der Waals surface area contributed by atoms with Crippen LogP contribution in [0.4, 0.5) is 5.82 Å². The lowest BCUT2D eigenvalue weighted by atomic mass is 9.93. The summed E-state index contributed by atoms with van der Waals surface area (Å²) in [6.07, 6.45) is 8.33. The molecule has 0 atom stereocenters. The highest BCUT2D eigenvalue weighted by Crippen LogP contribution is 2.34. The maximum atomic E-state index is 12.8. The highest BCUT2D eigenvalue weighted by molar-refractivity contribution is 5.95. The molecule has 3 aliphatic rings. The van der Waals surface area contributed by atoms with Crippen LogP contribution in [-0.2, 0) is 22.4 Å². The van der Waals surface area contributed by atoms with Crippen molar-refractivity contribution >= 4 is 17.6 Å². The van der Waals surface area contributed by atoms with Crippen molar-refractivity contribution in [2.75, 3.05) is 24.5 Å². The number of aryl methyl sites for hydroxylation is 1. The van der Waals surface area contributed by atoms with Gasteiger partial charge in [-0.2, -0.15) is 0 Å². The number of amides is 2. The Bertz CT molecular complexity index is 1010. The maximum Gasteiger partial charge on any atom is 0.228 e. The van der Waals surface area contributed by atoms with E-state index in [2.05, 4.69) is 17.0 Å². The number of carbonyl (C=O) groups is 2. The molecule has 2 amide bonds. The largest absolute Gasteiger partial charge is 0.342 e. The smallest absolute Gasteiger partial charge is 0.228 e. The standard InChI is InChI=1S/C27H34N4O2/c1-19-23-11-12-24(32)31(18-13-20-7-3-2-4-8-20)26(23)29-25(28-19)21-14-16-30(17-15-21)27(33)22-9-5-6-10-22/h2-4,7-8,21-22H,5-6,9-18H2,1H3. The number of benzene rings is 1. The Hall–Kier alpha value is -2.76. The molecule has 1 saturated heterocycles. The minimum Gasteiger partial charge on any atom is -0.342 e. The summed E-state index contributed by atoms with van der Waals surface area (Å²) in [7, 11) is 0.